The van der Waals surface area contributed by atoms with Gasteiger partial charge in [0.2, 0.25) is 10.0 Å². The standard InChI is InChI=1S/C14H21NO4S/c1-3-13(16)11-5-4-6-12(9-11)20(17,18)15-14(2)7-8-19-10-14/h4-6,9,13,15-16H,3,7-8,10H2,1-2H3. The maximum Gasteiger partial charge on any atom is 0.241 e. The molecule has 0 spiro atoms. The average molecular weight is 299 g/mol. The van der Waals surface area contributed by atoms with Gasteiger partial charge in [0.25, 0.3) is 0 Å². The first-order valence-electron chi connectivity index (χ1n) is 6.76. The first-order chi connectivity index (χ1) is 9.36. The van der Waals surface area contributed by atoms with E-state index in [0.717, 1.165) is 0 Å². The molecule has 1 fully saturated rings. The van der Waals surface area contributed by atoms with Gasteiger partial charge in [-0.15, -0.1) is 0 Å². The van der Waals surface area contributed by atoms with E-state index in [4.69, 9.17) is 4.74 Å². The Hall–Kier alpha value is -0.950. The maximum atomic E-state index is 12.4. The lowest BCUT2D eigenvalue weighted by atomic mass is 10.0. The average Bonchev–Trinajstić information content (AvgIpc) is 2.83. The summed E-state index contributed by atoms with van der Waals surface area (Å²) in [6, 6.07) is 6.44. The number of hydrogen-bond acceptors (Lipinski definition) is 4. The number of sulfonamides is 1. The van der Waals surface area contributed by atoms with Crippen LogP contribution >= 0.6 is 0 Å². The Kier molecular flexibility index (Phi) is 4.49. The normalized spacial score (nSPS) is 24.8. The molecule has 1 heterocycles. The number of hydrogen-bond donors (Lipinski definition) is 2. The van der Waals surface area contributed by atoms with Gasteiger partial charge in [0, 0.05) is 6.61 Å². The molecule has 2 rings (SSSR count). The van der Waals surface area contributed by atoms with E-state index in [2.05, 4.69) is 4.72 Å². The molecule has 1 aliphatic rings. The second-order valence-electron chi connectivity index (χ2n) is 5.47. The summed E-state index contributed by atoms with van der Waals surface area (Å²) < 4.78 is 32.8. The van der Waals surface area contributed by atoms with Crippen LogP contribution in [-0.2, 0) is 14.8 Å². The molecule has 2 unspecified atom stereocenters. The molecule has 1 aliphatic heterocycles. The van der Waals surface area contributed by atoms with Crippen molar-refractivity contribution in [2.45, 2.75) is 43.2 Å². The quantitative estimate of drug-likeness (QED) is 0.865. The predicted octanol–water partition coefficient (Wildman–Crippen LogP) is 1.59. The van der Waals surface area contributed by atoms with Crippen molar-refractivity contribution >= 4 is 10.0 Å². The summed E-state index contributed by atoms with van der Waals surface area (Å²) >= 11 is 0. The van der Waals surface area contributed by atoms with E-state index in [0.29, 0.717) is 31.6 Å². The lowest BCUT2D eigenvalue weighted by molar-refractivity contribution is 0.173. The Balaban J connectivity index is 2.25. The fourth-order valence-corrected chi connectivity index (χ4v) is 3.73. The number of nitrogens with one attached hydrogen (secondary N) is 1. The minimum absolute atomic E-state index is 0.177. The molecule has 0 amide bonds. The van der Waals surface area contributed by atoms with Gasteiger partial charge in [-0.1, -0.05) is 19.1 Å². The van der Waals surface area contributed by atoms with E-state index in [9.17, 15) is 13.5 Å². The molecule has 1 aromatic rings. The topological polar surface area (TPSA) is 75.6 Å². The molecule has 20 heavy (non-hydrogen) atoms. The molecule has 0 bridgehead atoms. The molecule has 0 saturated carbocycles. The number of rotatable bonds is 5. The first kappa shape index (κ1) is 15.4. The van der Waals surface area contributed by atoms with Crippen molar-refractivity contribution in [3.05, 3.63) is 29.8 Å². The van der Waals surface area contributed by atoms with Gasteiger partial charge in [0.15, 0.2) is 0 Å². The molecule has 0 radical (unpaired) electrons. The largest absolute Gasteiger partial charge is 0.388 e. The maximum absolute atomic E-state index is 12.4. The van der Waals surface area contributed by atoms with Crippen LogP contribution < -0.4 is 4.72 Å². The van der Waals surface area contributed by atoms with Crippen molar-refractivity contribution in [3.8, 4) is 0 Å². The second kappa shape index (κ2) is 5.81. The summed E-state index contributed by atoms with van der Waals surface area (Å²) in [5.41, 5.74) is 0.0567. The highest BCUT2D eigenvalue weighted by molar-refractivity contribution is 7.89. The summed E-state index contributed by atoms with van der Waals surface area (Å²) in [5.74, 6) is 0. The predicted molar refractivity (Wildman–Crippen MR) is 75.9 cm³/mol. The summed E-state index contributed by atoms with van der Waals surface area (Å²) in [6.07, 6.45) is 0.557. The van der Waals surface area contributed by atoms with Crippen molar-refractivity contribution in [3.63, 3.8) is 0 Å². The molecule has 5 nitrogen and oxygen atoms in total. The third-order valence-electron chi connectivity index (χ3n) is 3.54. The Bertz CT molecular complexity index is 564. The van der Waals surface area contributed by atoms with Crippen LogP contribution in [0.1, 0.15) is 38.4 Å². The van der Waals surface area contributed by atoms with Gasteiger partial charge in [0.1, 0.15) is 0 Å². The Morgan fingerprint density at radius 1 is 1.50 bits per heavy atom. The van der Waals surface area contributed by atoms with Crippen LogP contribution in [0.15, 0.2) is 29.2 Å². The Morgan fingerprint density at radius 3 is 2.85 bits per heavy atom. The van der Waals surface area contributed by atoms with Crippen LogP contribution in [-0.4, -0.2) is 32.3 Å². The lowest BCUT2D eigenvalue weighted by Gasteiger charge is -2.23. The fourth-order valence-electron chi connectivity index (χ4n) is 2.26. The smallest absolute Gasteiger partial charge is 0.241 e. The van der Waals surface area contributed by atoms with Crippen molar-refractivity contribution in [1.82, 2.24) is 4.72 Å². The molecule has 1 aromatic carbocycles. The molecule has 2 atom stereocenters. The summed E-state index contributed by atoms with van der Waals surface area (Å²) in [7, 11) is -3.61. The van der Waals surface area contributed by atoms with Gasteiger partial charge in [0.05, 0.1) is 23.1 Å². The van der Waals surface area contributed by atoms with Gasteiger partial charge >= 0.3 is 0 Å². The molecule has 2 N–H and O–H groups in total. The molecule has 1 saturated heterocycles. The van der Waals surface area contributed by atoms with Gasteiger partial charge < -0.3 is 9.84 Å². The zero-order valence-corrected chi connectivity index (χ0v) is 12.6. The van der Waals surface area contributed by atoms with Crippen molar-refractivity contribution < 1.29 is 18.3 Å². The van der Waals surface area contributed by atoms with Crippen LogP contribution in [0.5, 0.6) is 0 Å². The van der Waals surface area contributed by atoms with Crippen molar-refractivity contribution in [1.29, 1.82) is 0 Å². The highest BCUT2D eigenvalue weighted by atomic mass is 32.2. The fraction of sp³-hybridized carbons (Fsp3) is 0.571. The minimum Gasteiger partial charge on any atom is -0.388 e. The lowest BCUT2D eigenvalue weighted by Crippen LogP contribution is -2.46. The van der Waals surface area contributed by atoms with Crippen molar-refractivity contribution in [2.24, 2.45) is 0 Å². The number of aliphatic hydroxyl groups is 1. The van der Waals surface area contributed by atoms with Crippen LogP contribution in [0.3, 0.4) is 0 Å². The van der Waals surface area contributed by atoms with Crippen LogP contribution in [0.4, 0.5) is 0 Å². The summed E-state index contributed by atoms with van der Waals surface area (Å²) in [5, 5.41) is 9.82. The van der Waals surface area contributed by atoms with Crippen LogP contribution in [0, 0.1) is 0 Å². The molecular formula is C14H21NO4S. The monoisotopic (exact) mass is 299 g/mol. The Morgan fingerprint density at radius 2 is 2.25 bits per heavy atom. The van der Waals surface area contributed by atoms with Gasteiger partial charge in [-0.2, -0.15) is 0 Å². The zero-order valence-electron chi connectivity index (χ0n) is 11.8. The second-order valence-corrected chi connectivity index (χ2v) is 7.15. The summed E-state index contributed by atoms with van der Waals surface area (Å²) in [4.78, 5) is 0.177. The number of aliphatic hydroxyl groups excluding tert-OH is 1. The van der Waals surface area contributed by atoms with Gasteiger partial charge in [-0.05, 0) is 37.5 Å². The molecule has 112 valence electrons. The van der Waals surface area contributed by atoms with E-state index >= 15 is 0 Å². The SMILES string of the molecule is CCC(O)c1cccc(S(=O)(=O)NC2(C)CCOC2)c1. The van der Waals surface area contributed by atoms with E-state index < -0.39 is 21.7 Å². The molecule has 0 aliphatic carbocycles. The van der Waals surface area contributed by atoms with Gasteiger partial charge in [-0.25, -0.2) is 13.1 Å². The number of ether oxygens (including phenoxy) is 1. The van der Waals surface area contributed by atoms with E-state index in [-0.39, 0.29) is 4.90 Å². The first-order valence-corrected chi connectivity index (χ1v) is 8.24. The Labute approximate surface area is 120 Å². The van der Waals surface area contributed by atoms with Crippen molar-refractivity contribution in [2.75, 3.05) is 13.2 Å². The van der Waals surface area contributed by atoms with E-state index in [1.807, 2.05) is 13.8 Å². The van der Waals surface area contributed by atoms with E-state index in [1.165, 1.54) is 12.1 Å². The highest BCUT2D eigenvalue weighted by Crippen LogP contribution is 2.23. The molecular weight excluding hydrogens is 278 g/mol. The third-order valence-corrected chi connectivity index (χ3v) is 5.18. The molecule has 6 heteroatoms. The molecule has 0 aromatic heterocycles. The van der Waals surface area contributed by atoms with Crippen LogP contribution in [0.25, 0.3) is 0 Å². The minimum atomic E-state index is -3.61. The summed E-state index contributed by atoms with van der Waals surface area (Å²) in [6.45, 7) is 4.63. The van der Waals surface area contributed by atoms with E-state index in [1.54, 1.807) is 12.1 Å². The highest BCUT2D eigenvalue weighted by Gasteiger charge is 2.34. The van der Waals surface area contributed by atoms with Gasteiger partial charge in [-0.3, -0.25) is 0 Å². The van der Waals surface area contributed by atoms with Crippen LogP contribution in [0.2, 0.25) is 0 Å². The third kappa shape index (κ3) is 3.38. The number of benzene rings is 1. The zero-order chi connectivity index (χ0) is 14.8.